The Labute approximate surface area is 257 Å². The summed E-state index contributed by atoms with van der Waals surface area (Å²) < 4.78 is 6.19. The highest BCUT2D eigenvalue weighted by Crippen LogP contribution is 2.27. The Bertz CT molecular complexity index is 576. The summed E-state index contributed by atoms with van der Waals surface area (Å²) in [5, 5.41) is 3.01. The first-order valence-electron chi connectivity index (χ1n) is 17.9. The predicted octanol–water partition coefficient (Wildman–Crippen LogP) is 11.4. The molecule has 4 nitrogen and oxygen atoms in total. The van der Waals surface area contributed by atoms with Crippen LogP contribution < -0.4 is 5.32 Å². The zero-order chi connectivity index (χ0) is 30.2. The van der Waals surface area contributed by atoms with Gasteiger partial charge < -0.3 is 15.0 Å². The van der Waals surface area contributed by atoms with Crippen LogP contribution in [0.3, 0.4) is 0 Å². The number of carbonyl (C=O) groups is 1. The maximum atomic E-state index is 12.8. The maximum absolute atomic E-state index is 12.8. The molecule has 0 spiro atoms. The van der Waals surface area contributed by atoms with Crippen LogP contribution in [0.1, 0.15) is 168 Å². The van der Waals surface area contributed by atoms with E-state index >= 15 is 0 Å². The highest BCUT2D eigenvalue weighted by Gasteiger charge is 2.24. The van der Waals surface area contributed by atoms with Crippen molar-refractivity contribution in [3.63, 3.8) is 0 Å². The molecule has 1 amide bonds. The number of likely N-dealkylation sites (N-methyl/N-ethyl adjacent to an activating group) is 1. The lowest BCUT2D eigenvalue weighted by Gasteiger charge is -2.28. The number of nitrogens with one attached hydrogen (secondary N) is 1. The van der Waals surface area contributed by atoms with Gasteiger partial charge in [0.25, 0.3) is 0 Å². The first-order chi connectivity index (χ1) is 20.0. The minimum atomic E-state index is -0.229. The van der Waals surface area contributed by atoms with E-state index in [0.29, 0.717) is 12.5 Å². The van der Waals surface area contributed by atoms with Crippen molar-refractivity contribution in [3.05, 3.63) is 24.3 Å². The Hall–Kier alpha value is -1.29. The second-order valence-corrected chi connectivity index (χ2v) is 12.5. The molecule has 0 saturated heterocycles. The van der Waals surface area contributed by atoms with Crippen molar-refractivity contribution in [3.8, 4) is 0 Å². The summed E-state index contributed by atoms with van der Waals surface area (Å²) in [6.45, 7) is 8.27. The van der Waals surface area contributed by atoms with Gasteiger partial charge in [-0.3, -0.25) is 0 Å². The van der Waals surface area contributed by atoms with Crippen molar-refractivity contribution >= 4 is 6.09 Å². The monoisotopic (exact) mass is 577 g/mol. The van der Waals surface area contributed by atoms with Crippen LogP contribution in [-0.4, -0.2) is 44.3 Å². The molecule has 0 radical (unpaired) electrons. The number of ether oxygens (including phenoxy) is 1. The lowest BCUT2D eigenvalue weighted by Crippen LogP contribution is -2.36. The summed E-state index contributed by atoms with van der Waals surface area (Å²) in [6.07, 6.45) is 38.0. The van der Waals surface area contributed by atoms with Gasteiger partial charge in [0.05, 0.1) is 0 Å². The Balaban J connectivity index is 5.04. The van der Waals surface area contributed by atoms with E-state index < -0.39 is 0 Å². The molecule has 0 fully saturated rings. The van der Waals surface area contributed by atoms with E-state index in [1.165, 1.54) is 109 Å². The van der Waals surface area contributed by atoms with Gasteiger partial charge >= 0.3 is 6.09 Å². The van der Waals surface area contributed by atoms with Gasteiger partial charge in [-0.05, 0) is 97.1 Å². The van der Waals surface area contributed by atoms with E-state index in [2.05, 4.69) is 55.3 Å². The lowest BCUT2D eigenvalue weighted by molar-refractivity contribution is 0.0467. The van der Waals surface area contributed by atoms with Crippen molar-refractivity contribution in [2.45, 2.75) is 175 Å². The topological polar surface area (TPSA) is 41.6 Å². The van der Waals surface area contributed by atoms with Gasteiger partial charge in [0, 0.05) is 13.1 Å². The van der Waals surface area contributed by atoms with Crippen molar-refractivity contribution in [2.24, 2.45) is 5.92 Å². The average molecular weight is 577 g/mol. The molecule has 0 heterocycles. The van der Waals surface area contributed by atoms with Gasteiger partial charge in [0.15, 0.2) is 0 Å². The number of nitrogens with zero attached hydrogens (tertiary/aromatic N) is 1. The second-order valence-electron chi connectivity index (χ2n) is 12.5. The van der Waals surface area contributed by atoms with Gasteiger partial charge in [0.2, 0.25) is 0 Å². The van der Waals surface area contributed by atoms with Crippen molar-refractivity contribution in [1.82, 2.24) is 10.2 Å². The standard InChI is InChI=1S/C37H72N2O2/c1-6-9-12-15-18-21-24-27-30-35(31-28-25-22-19-16-13-10-7-2)36(41-37(40)38-33-34-39(4)5)32-29-26-23-20-17-14-11-8-3/h18-19,21-22,35-36H,6-17,20,23-34H2,1-5H3,(H,38,40)/b21-18-,22-19-. The summed E-state index contributed by atoms with van der Waals surface area (Å²) >= 11 is 0. The Morgan fingerprint density at radius 1 is 0.610 bits per heavy atom. The molecule has 0 aliphatic rings. The zero-order valence-electron chi connectivity index (χ0n) is 28.4. The number of hydrogen-bond acceptors (Lipinski definition) is 3. The number of amides is 1. The first-order valence-corrected chi connectivity index (χ1v) is 17.9. The molecule has 0 aromatic heterocycles. The Morgan fingerprint density at radius 3 is 1.54 bits per heavy atom. The summed E-state index contributed by atoms with van der Waals surface area (Å²) in [5.74, 6) is 0.445. The third-order valence-corrected chi connectivity index (χ3v) is 8.13. The van der Waals surface area contributed by atoms with E-state index in [-0.39, 0.29) is 12.2 Å². The first kappa shape index (κ1) is 39.7. The van der Waals surface area contributed by atoms with Gasteiger partial charge in [-0.15, -0.1) is 0 Å². The van der Waals surface area contributed by atoms with Crippen LogP contribution >= 0.6 is 0 Å². The van der Waals surface area contributed by atoms with Gasteiger partial charge in [0.1, 0.15) is 6.10 Å². The minimum Gasteiger partial charge on any atom is -0.446 e. The molecule has 0 aromatic carbocycles. The number of carbonyl (C=O) groups excluding carboxylic acids is 1. The van der Waals surface area contributed by atoms with E-state index in [0.717, 1.165) is 45.1 Å². The van der Waals surface area contributed by atoms with Gasteiger partial charge in [-0.1, -0.05) is 116 Å². The molecule has 1 unspecified atom stereocenters. The fraction of sp³-hybridized carbons (Fsp3) is 0.865. The minimum absolute atomic E-state index is 0.0246. The molecule has 242 valence electrons. The van der Waals surface area contributed by atoms with Crippen LogP contribution in [0.15, 0.2) is 24.3 Å². The van der Waals surface area contributed by atoms with Crippen molar-refractivity contribution in [1.29, 1.82) is 0 Å². The van der Waals surface area contributed by atoms with Gasteiger partial charge in [-0.2, -0.15) is 0 Å². The SMILES string of the molecule is CCCCC/C=C\CCCC(CCC/C=C\CCCCC)C(CCCCCCCCCC)OC(=O)NCCN(C)C. The Kier molecular flexibility index (Phi) is 30.6. The molecular formula is C37H72N2O2. The quantitative estimate of drug-likeness (QED) is 0.0683. The zero-order valence-corrected chi connectivity index (χ0v) is 28.4. The molecule has 0 aromatic rings. The van der Waals surface area contributed by atoms with Crippen molar-refractivity contribution in [2.75, 3.05) is 27.2 Å². The molecule has 41 heavy (non-hydrogen) atoms. The predicted molar refractivity (Wildman–Crippen MR) is 182 cm³/mol. The van der Waals surface area contributed by atoms with Crippen LogP contribution in [0.5, 0.6) is 0 Å². The van der Waals surface area contributed by atoms with E-state index in [4.69, 9.17) is 4.74 Å². The highest BCUT2D eigenvalue weighted by atomic mass is 16.6. The van der Waals surface area contributed by atoms with Crippen LogP contribution in [-0.2, 0) is 4.74 Å². The summed E-state index contributed by atoms with van der Waals surface area (Å²) in [5.41, 5.74) is 0. The average Bonchev–Trinajstić information content (AvgIpc) is 2.95. The molecule has 0 aliphatic heterocycles. The fourth-order valence-corrected chi connectivity index (χ4v) is 5.44. The number of unbranched alkanes of at least 4 members (excludes halogenated alkanes) is 15. The van der Waals surface area contributed by atoms with Crippen molar-refractivity contribution < 1.29 is 9.53 Å². The molecular weight excluding hydrogens is 504 g/mol. The van der Waals surface area contributed by atoms with E-state index in [1.54, 1.807) is 0 Å². The number of allylic oxidation sites excluding steroid dienone is 4. The largest absolute Gasteiger partial charge is 0.446 e. The van der Waals surface area contributed by atoms with Crippen LogP contribution in [0.25, 0.3) is 0 Å². The molecule has 0 rings (SSSR count). The summed E-state index contributed by atoms with van der Waals surface area (Å²) in [4.78, 5) is 14.9. The normalized spacial score (nSPS) is 12.8. The number of hydrogen-bond donors (Lipinski definition) is 1. The molecule has 0 bridgehead atoms. The van der Waals surface area contributed by atoms with Crippen LogP contribution in [0.2, 0.25) is 0 Å². The Morgan fingerprint density at radius 2 is 1.05 bits per heavy atom. The third-order valence-electron chi connectivity index (χ3n) is 8.13. The fourth-order valence-electron chi connectivity index (χ4n) is 5.44. The molecule has 1 atom stereocenters. The van der Waals surface area contributed by atoms with Crippen LogP contribution in [0, 0.1) is 5.92 Å². The molecule has 4 heteroatoms. The van der Waals surface area contributed by atoms with Crippen LogP contribution in [0.4, 0.5) is 4.79 Å². The second kappa shape index (κ2) is 31.6. The number of alkyl carbamates (subject to hydrolysis) is 1. The molecule has 0 saturated carbocycles. The summed E-state index contributed by atoms with van der Waals surface area (Å²) in [7, 11) is 4.06. The maximum Gasteiger partial charge on any atom is 0.407 e. The summed E-state index contributed by atoms with van der Waals surface area (Å²) in [6, 6.07) is 0. The highest BCUT2D eigenvalue weighted by molar-refractivity contribution is 5.67. The lowest BCUT2D eigenvalue weighted by atomic mass is 9.87. The smallest absolute Gasteiger partial charge is 0.407 e. The third kappa shape index (κ3) is 28.6. The molecule has 1 N–H and O–H groups in total. The van der Waals surface area contributed by atoms with E-state index in [1.807, 2.05) is 14.1 Å². The molecule has 0 aliphatic carbocycles. The van der Waals surface area contributed by atoms with E-state index in [9.17, 15) is 4.79 Å². The number of rotatable bonds is 30. The van der Waals surface area contributed by atoms with Gasteiger partial charge in [-0.25, -0.2) is 4.79 Å².